The molecule has 0 spiro atoms. The van der Waals surface area contributed by atoms with E-state index in [1.807, 2.05) is 29.2 Å². The highest BCUT2D eigenvalue weighted by molar-refractivity contribution is 5.95. The molecule has 0 aliphatic carbocycles. The molecule has 1 amide bonds. The molecule has 10 heteroatoms. The maximum Gasteiger partial charge on any atom is 0.318 e. The zero-order valence-corrected chi connectivity index (χ0v) is 23.2. The minimum absolute atomic E-state index is 0.0330. The number of hydrogen-bond donors (Lipinski definition) is 1. The van der Waals surface area contributed by atoms with Crippen molar-refractivity contribution in [3.8, 4) is 11.8 Å². The predicted octanol–water partition coefficient (Wildman–Crippen LogP) is 2.58. The van der Waals surface area contributed by atoms with Crippen LogP contribution in [0.3, 0.4) is 0 Å². The van der Waals surface area contributed by atoms with Crippen molar-refractivity contribution in [2.75, 3.05) is 68.8 Å². The minimum Gasteiger partial charge on any atom is -0.508 e. The highest BCUT2D eigenvalue weighted by atomic mass is 16.5. The number of morpholine rings is 1. The van der Waals surface area contributed by atoms with Crippen LogP contribution >= 0.6 is 0 Å². The van der Waals surface area contributed by atoms with Crippen molar-refractivity contribution in [1.29, 1.82) is 0 Å². The molecule has 1 aromatic heterocycles. The average molecular weight is 557 g/mol. The summed E-state index contributed by atoms with van der Waals surface area (Å²) in [6.07, 6.45) is 3.51. The van der Waals surface area contributed by atoms with Gasteiger partial charge in [0.25, 0.3) is 0 Å². The van der Waals surface area contributed by atoms with Crippen molar-refractivity contribution in [2.45, 2.75) is 31.5 Å². The van der Waals surface area contributed by atoms with Gasteiger partial charge < -0.3 is 29.3 Å². The Labute approximate surface area is 239 Å². The summed E-state index contributed by atoms with van der Waals surface area (Å²) in [5.74, 6) is 1.13. The number of amides is 1. The number of hydrogen-bond acceptors (Lipinski definition) is 9. The lowest BCUT2D eigenvalue weighted by Gasteiger charge is -2.55. The van der Waals surface area contributed by atoms with Crippen molar-refractivity contribution in [1.82, 2.24) is 19.8 Å². The molecule has 0 saturated carbocycles. The van der Waals surface area contributed by atoms with E-state index in [2.05, 4.69) is 27.3 Å². The van der Waals surface area contributed by atoms with Crippen LogP contribution < -0.4 is 14.5 Å². The van der Waals surface area contributed by atoms with Crippen LogP contribution in [0.15, 0.2) is 49.1 Å². The molecule has 214 valence electrons. The first-order valence-corrected chi connectivity index (χ1v) is 14.6. The third kappa shape index (κ3) is 4.95. The second-order valence-corrected chi connectivity index (χ2v) is 11.3. The summed E-state index contributed by atoms with van der Waals surface area (Å²) >= 11 is 0. The molecule has 1 unspecified atom stereocenters. The smallest absolute Gasteiger partial charge is 0.318 e. The SMILES string of the molecule is C=CC(=O)N1CCN(c2nc(OCCCN3C[C@H]4OCC43)nc3c2CCN(c2cc(O)cc4ccccc24)C3)CC1. The predicted molar refractivity (Wildman–Crippen MR) is 157 cm³/mol. The van der Waals surface area contributed by atoms with Crippen molar-refractivity contribution < 1.29 is 19.4 Å². The summed E-state index contributed by atoms with van der Waals surface area (Å²) in [7, 11) is 0. The zero-order valence-electron chi connectivity index (χ0n) is 23.2. The number of rotatable bonds is 8. The second kappa shape index (κ2) is 10.8. The van der Waals surface area contributed by atoms with Gasteiger partial charge in [0.2, 0.25) is 5.91 Å². The molecule has 4 aliphatic heterocycles. The largest absolute Gasteiger partial charge is 0.508 e. The van der Waals surface area contributed by atoms with Crippen LogP contribution in [-0.4, -0.2) is 102 Å². The van der Waals surface area contributed by atoms with Gasteiger partial charge in [-0.1, -0.05) is 30.8 Å². The molecule has 5 heterocycles. The zero-order chi connectivity index (χ0) is 27.9. The van der Waals surface area contributed by atoms with E-state index < -0.39 is 0 Å². The number of benzene rings is 2. The summed E-state index contributed by atoms with van der Waals surface area (Å²) in [5, 5.41) is 12.6. The summed E-state index contributed by atoms with van der Waals surface area (Å²) in [5.41, 5.74) is 3.09. The molecule has 3 aromatic rings. The first kappa shape index (κ1) is 26.0. The fourth-order valence-corrected chi connectivity index (χ4v) is 6.47. The van der Waals surface area contributed by atoms with Gasteiger partial charge in [0.05, 0.1) is 37.6 Å². The van der Waals surface area contributed by atoms with Gasteiger partial charge in [-0.15, -0.1) is 0 Å². The van der Waals surface area contributed by atoms with E-state index in [0.717, 1.165) is 72.6 Å². The first-order valence-electron chi connectivity index (χ1n) is 14.6. The van der Waals surface area contributed by atoms with Crippen LogP contribution in [0.5, 0.6) is 11.8 Å². The molecule has 2 aromatic carbocycles. The quantitative estimate of drug-likeness (QED) is 0.332. The third-order valence-corrected chi connectivity index (χ3v) is 8.87. The van der Waals surface area contributed by atoms with E-state index in [1.165, 1.54) is 6.08 Å². The van der Waals surface area contributed by atoms with Gasteiger partial charge in [0.1, 0.15) is 11.6 Å². The van der Waals surface area contributed by atoms with Gasteiger partial charge in [0, 0.05) is 68.5 Å². The number of likely N-dealkylation sites (tertiary alicyclic amines) is 1. The number of fused-ring (bicyclic) bond motifs is 3. The maximum absolute atomic E-state index is 12.2. The van der Waals surface area contributed by atoms with Crippen molar-refractivity contribution >= 4 is 28.2 Å². The molecule has 3 fully saturated rings. The van der Waals surface area contributed by atoms with Crippen LogP contribution in [0.1, 0.15) is 17.7 Å². The number of ether oxygens (including phenoxy) is 2. The summed E-state index contributed by atoms with van der Waals surface area (Å²) < 4.78 is 11.7. The molecule has 0 radical (unpaired) electrons. The number of phenolic OH excluding ortho intramolecular Hbond substituents is 1. The van der Waals surface area contributed by atoms with Gasteiger partial charge in [-0.25, -0.2) is 0 Å². The number of carbonyl (C=O) groups excluding carboxylic acids is 1. The monoisotopic (exact) mass is 556 g/mol. The molecule has 1 N–H and O–H groups in total. The molecule has 7 rings (SSSR count). The topological polar surface area (TPSA) is 94.5 Å². The van der Waals surface area contributed by atoms with Crippen molar-refractivity contribution in [3.05, 3.63) is 60.3 Å². The maximum atomic E-state index is 12.2. The first-order chi connectivity index (χ1) is 20.1. The van der Waals surface area contributed by atoms with E-state index in [9.17, 15) is 9.90 Å². The molecule has 0 bridgehead atoms. The van der Waals surface area contributed by atoms with E-state index in [0.29, 0.717) is 57.5 Å². The third-order valence-electron chi connectivity index (χ3n) is 8.87. The number of nitrogens with zero attached hydrogens (tertiary/aromatic N) is 6. The molecular weight excluding hydrogens is 520 g/mol. The van der Waals surface area contributed by atoms with Crippen LogP contribution in [0.25, 0.3) is 10.8 Å². The fraction of sp³-hybridized carbons (Fsp3) is 0.452. The lowest BCUT2D eigenvalue weighted by atomic mass is 9.95. The molecule has 10 nitrogen and oxygen atoms in total. The molecule has 4 aliphatic rings. The van der Waals surface area contributed by atoms with E-state index in [4.69, 9.17) is 19.4 Å². The van der Waals surface area contributed by atoms with Gasteiger partial charge in [-0.3, -0.25) is 9.69 Å². The Morgan fingerprint density at radius 3 is 2.73 bits per heavy atom. The summed E-state index contributed by atoms with van der Waals surface area (Å²) in [4.78, 5) is 30.8. The van der Waals surface area contributed by atoms with Gasteiger partial charge in [-0.05, 0) is 30.4 Å². The Bertz CT molecular complexity index is 1470. The lowest BCUT2D eigenvalue weighted by molar-refractivity contribution is -0.214. The Morgan fingerprint density at radius 2 is 1.98 bits per heavy atom. The Balaban J connectivity index is 1.13. The second-order valence-electron chi connectivity index (χ2n) is 11.3. The Hall–Kier alpha value is -3.89. The molecule has 2 atom stereocenters. The highest BCUT2D eigenvalue weighted by Gasteiger charge is 2.46. The van der Waals surface area contributed by atoms with Gasteiger partial charge in [-0.2, -0.15) is 9.97 Å². The number of aromatic nitrogens is 2. The van der Waals surface area contributed by atoms with E-state index in [-0.39, 0.29) is 11.7 Å². The summed E-state index contributed by atoms with van der Waals surface area (Å²) in [6, 6.07) is 12.8. The Kier molecular flexibility index (Phi) is 6.88. The fourth-order valence-electron chi connectivity index (χ4n) is 6.47. The lowest BCUT2D eigenvalue weighted by Crippen LogP contribution is -2.70. The van der Waals surface area contributed by atoms with Crippen LogP contribution in [0, 0.1) is 0 Å². The van der Waals surface area contributed by atoms with Gasteiger partial charge >= 0.3 is 6.01 Å². The van der Waals surface area contributed by atoms with Gasteiger partial charge in [0.15, 0.2) is 0 Å². The van der Waals surface area contributed by atoms with E-state index >= 15 is 0 Å². The van der Waals surface area contributed by atoms with Crippen LogP contribution in [0.4, 0.5) is 11.5 Å². The Morgan fingerprint density at radius 1 is 1.12 bits per heavy atom. The molecular formula is C31H36N6O4. The van der Waals surface area contributed by atoms with Crippen LogP contribution in [-0.2, 0) is 22.5 Å². The van der Waals surface area contributed by atoms with Crippen molar-refractivity contribution in [2.24, 2.45) is 0 Å². The number of aromatic hydroxyl groups is 1. The normalized spacial score (nSPS) is 22.0. The van der Waals surface area contributed by atoms with Crippen molar-refractivity contribution in [3.63, 3.8) is 0 Å². The summed E-state index contributed by atoms with van der Waals surface area (Å²) in [6.45, 7) is 11.1. The minimum atomic E-state index is -0.0330. The standard InChI is InChI=1S/C31H36N6O4/c1-2-29(39)34-11-13-35(14-12-34)30-24-8-10-37(26-17-22(38)16-21-6-3-4-7-23(21)26)18-25(24)32-31(33-30)40-15-5-9-36-19-28-27(36)20-41-28/h2-4,6-7,16-17,27-28,38H,1,5,8-15,18-20H2/t27?,28-/m1/s1. The molecule has 3 saturated heterocycles. The van der Waals surface area contributed by atoms with Crippen LogP contribution in [0.2, 0.25) is 0 Å². The number of piperazine rings is 1. The average Bonchev–Trinajstić information content (AvgIpc) is 2.99. The highest BCUT2D eigenvalue weighted by Crippen LogP contribution is 2.36. The number of anilines is 2. The van der Waals surface area contributed by atoms with E-state index in [1.54, 1.807) is 6.07 Å². The molecule has 41 heavy (non-hydrogen) atoms. The number of carbonyl (C=O) groups is 1. The number of phenols is 1.